The van der Waals surface area contributed by atoms with Gasteiger partial charge in [-0.25, -0.2) is 4.98 Å². The molecule has 0 aromatic carbocycles. The number of carboxylic acids is 1. The molecule has 2 aromatic rings. The van der Waals surface area contributed by atoms with E-state index in [1.807, 2.05) is 12.3 Å². The van der Waals surface area contributed by atoms with Crippen molar-refractivity contribution in [3.05, 3.63) is 21.8 Å². The molecule has 1 aliphatic heterocycles. The zero-order chi connectivity index (χ0) is 15.0. The Bertz CT molecular complexity index is 739. The number of hydrogen-bond acceptors (Lipinski definition) is 6. The number of nitrogens with zero attached hydrogens (tertiary/aromatic N) is 2. The quantitative estimate of drug-likeness (QED) is 0.683. The molecule has 112 valence electrons. The fraction of sp³-hybridized carbons (Fsp3) is 0.462. The van der Waals surface area contributed by atoms with Crippen LogP contribution in [0.1, 0.15) is 19.4 Å². The van der Waals surface area contributed by atoms with Gasteiger partial charge < -0.3 is 9.84 Å². The summed E-state index contributed by atoms with van der Waals surface area (Å²) >= 11 is 2.44. The summed E-state index contributed by atoms with van der Waals surface area (Å²) in [5, 5.41) is 11.1. The number of aromatic nitrogens is 2. The first-order valence-electron chi connectivity index (χ1n) is 6.54. The smallest absolute Gasteiger partial charge is 0.313 e. The first-order valence-corrected chi connectivity index (χ1v) is 8.40. The van der Waals surface area contributed by atoms with Crippen molar-refractivity contribution >= 4 is 39.3 Å². The van der Waals surface area contributed by atoms with Crippen LogP contribution in [0.25, 0.3) is 10.2 Å². The van der Waals surface area contributed by atoms with Crippen LogP contribution < -0.4 is 5.56 Å². The molecule has 0 spiro atoms. The Labute approximate surface area is 128 Å². The molecular weight excluding hydrogens is 312 g/mol. The predicted octanol–water partition coefficient (Wildman–Crippen LogP) is 1.98. The first-order chi connectivity index (χ1) is 10.1. The number of carbonyl (C=O) groups is 1. The minimum absolute atomic E-state index is 0.0777. The summed E-state index contributed by atoms with van der Waals surface area (Å²) in [6.07, 6.45) is 0.659. The maximum absolute atomic E-state index is 12.7. The molecule has 2 atom stereocenters. The van der Waals surface area contributed by atoms with Crippen molar-refractivity contribution in [1.82, 2.24) is 9.55 Å². The Kier molecular flexibility index (Phi) is 4.01. The van der Waals surface area contributed by atoms with Gasteiger partial charge in [-0.1, -0.05) is 11.8 Å². The van der Waals surface area contributed by atoms with Crippen LogP contribution >= 0.6 is 23.1 Å². The molecule has 0 amide bonds. The molecule has 2 unspecified atom stereocenters. The maximum atomic E-state index is 12.7. The zero-order valence-corrected chi connectivity index (χ0v) is 12.9. The highest BCUT2D eigenvalue weighted by molar-refractivity contribution is 7.99. The fourth-order valence-electron chi connectivity index (χ4n) is 2.48. The highest BCUT2D eigenvalue weighted by atomic mass is 32.2. The van der Waals surface area contributed by atoms with Crippen molar-refractivity contribution in [2.75, 3.05) is 12.4 Å². The Balaban J connectivity index is 2.13. The van der Waals surface area contributed by atoms with Crippen molar-refractivity contribution in [2.24, 2.45) is 0 Å². The third kappa shape index (κ3) is 2.70. The van der Waals surface area contributed by atoms with E-state index in [9.17, 15) is 9.59 Å². The molecule has 3 heterocycles. The number of ether oxygens (including phenoxy) is 1. The van der Waals surface area contributed by atoms with Gasteiger partial charge in [-0.3, -0.25) is 14.2 Å². The van der Waals surface area contributed by atoms with Crippen LogP contribution in [0.15, 0.2) is 21.4 Å². The van der Waals surface area contributed by atoms with E-state index in [2.05, 4.69) is 4.98 Å². The lowest BCUT2D eigenvalue weighted by atomic mass is 10.1. The molecular formula is C13H14N2O4S2. The van der Waals surface area contributed by atoms with E-state index in [0.29, 0.717) is 22.0 Å². The Hall–Kier alpha value is -1.38. The van der Waals surface area contributed by atoms with Crippen LogP contribution in [0, 0.1) is 0 Å². The van der Waals surface area contributed by atoms with E-state index < -0.39 is 5.97 Å². The van der Waals surface area contributed by atoms with Gasteiger partial charge in [0, 0.05) is 6.61 Å². The summed E-state index contributed by atoms with van der Waals surface area (Å²) in [4.78, 5) is 28.0. The van der Waals surface area contributed by atoms with Crippen LogP contribution in [-0.4, -0.2) is 39.1 Å². The minimum Gasteiger partial charge on any atom is -0.481 e. The summed E-state index contributed by atoms with van der Waals surface area (Å²) < 4.78 is 7.76. The van der Waals surface area contributed by atoms with Gasteiger partial charge in [0.25, 0.3) is 5.56 Å². The van der Waals surface area contributed by atoms with Crippen LogP contribution in [0.4, 0.5) is 0 Å². The molecule has 0 aliphatic carbocycles. The number of rotatable bonds is 4. The maximum Gasteiger partial charge on any atom is 0.313 e. The number of fused-ring (bicyclic) bond motifs is 1. The lowest BCUT2D eigenvalue weighted by Gasteiger charge is -2.20. The molecule has 3 rings (SSSR count). The number of hydrogen-bond donors (Lipinski definition) is 1. The van der Waals surface area contributed by atoms with E-state index in [4.69, 9.17) is 9.84 Å². The first kappa shape index (κ1) is 14.6. The normalized spacial score (nSPS) is 22.0. The summed E-state index contributed by atoms with van der Waals surface area (Å²) in [5.74, 6) is -1.05. The number of carboxylic acid groups (broad SMARTS) is 1. The highest BCUT2D eigenvalue weighted by Gasteiger charge is 2.30. The van der Waals surface area contributed by atoms with Crippen LogP contribution in [0.3, 0.4) is 0 Å². The second kappa shape index (κ2) is 5.78. The molecule has 1 N–H and O–H groups in total. The monoisotopic (exact) mass is 326 g/mol. The second-order valence-electron chi connectivity index (χ2n) is 4.82. The lowest BCUT2D eigenvalue weighted by Crippen LogP contribution is -2.30. The zero-order valence-electron chi connectivity index (χ0n) is 11.3. The van der Waals surface area contributed by atoms with Gasteiger partial charge in [-0.05, 0) is 24.8 Å². The molecule has 8 heteroatoms. The van der Waals surface area contributed by atoms with Gasteiger partial charge in [-0.15, -0.1) is 11.3 Å². The topological polar surface area (TPSA) is 81.4 Å². The number of thioether (sulfide) groups is 1. The van der Waals surface area contributed by atoms with Crippen molar-refractivity contribution in [1.29, 1.82) is 0 Å². The molecule has 2 aromatic heterocycles. The summed E-state index contributed by atoms with van der Waals surface area (Å²) in [7, 11) is 0. The van der Waals surface area contributed by atoms with E-state index in [0.717, 1.165) is 18.2 Å². The molecule has 21 heavy (non-hydrogen) atoms. The van der Waals surface area contributed by atoms with Crippen LogP contribution in [-0.2, 0) is 9.53 Å². The van der Waals surface area contributed by atoms with Crippen LogP contribution in [0.2, 0.25) is 0 Å². The Morgan fingerprint density at radius 2 is 2.48 bits per heavy atom. The average Bonchev–Trinajstić information content (AvgIpc) is 3.05. The second-order valence-corrected chi connectivity index (χ2v) is 6.68. The van der Waals surface area contributed by atoms with Gasteiger partial charge in [0.2, 0.25) is 0 Å². The number of aliphatic carboxylic acids is 1. The van der Waals surface area contributed by atoms with Crippen molar-refractivity contribution in [3.8, 4) is 0 Å². The molecule has 1 saturated heterocycles. The molecule has 1 aliphatic rings. The van der Waals surface area contributed by atoms with Crippen molar-refractivity contribution < 1.29 is 14.6 Å². The minimum atomic E-state index is -0.929. The average molecular weight is 326 g/mol. The third-order valence-electron chi connectivity index (χ3n) is 3.47. The lowest BCUT2D eigenvalue weighted by molar-refractivity contribution is -0.133. The SMILES string of the molecule is CC1OCCC1n1c(SCC(=O)O)nc2ccsc2c1=O. The Morgan fingerprint density at radius 3 is 3.14 bits per heavy atom. The van der Waals surface area contributed by atoms with Gasteiger partial charge >= 0.3 is 5.97 Å². The van der Waals surface area contributed by atoms with Gasteiger partial charge in [0.1, 0.15) is 4.70 Å². The summed E-state index contributed by atoms with van der Waals surface area (Å²) in [6.45, 7) is 2.53. The third-order valence-corrected chi connectivity index (χ3v) is 5.30. The van der Waals surface area contributed by atoms with E-state index in [1.54, 1.807) is 10.6 Å². The standard InChI is InChI=1S/C13H14N2O4S2/c1-7-9(2-4-19-7)15-12(18)11-8(3-5-20-11)14-13(15)21-6-10(16)17/h3,5,7,9H,2,4,6H2,1H3,(H,16,17). The molecule has 0 bridgehead atoms. The molecule has 1 fully saturated rings. The highest BCUT2D eigenvalue weighted by Crippen LogP contribution is 2.30. The molecule has 0 saturated carbocycles. The van der Waals surface area contributed by atoms with Gasteiger partial charge in [0.05, 0.1) is 23.4 Å². The molecule has 6 nitrogen and oxygen atoms in total. The largest absolute Gasteiger partial charge is 0.481 e. The number of thiophene rings is 1. The summed E-state index contributed by atoms with van der Waals surface area (Å²) in [5.41, 5.74) is 0.519. The van der Waals surface area contributed by atoms with Gasteiger partial charge in [0.15, 0.2) is 5.16 Å². The van der Waals surface area contributed by atoms with Crippen LogP contribution in [0.5, 0.6) is 0 Å². The predicted molar refractivity (Wildman–Crippen MR) is 81.3 cm³/mol. The Morgan fingerprint density at radius 1 is 1.67 bits per heavy atom. The van der Waals surface area contributed by atoms with E-state index in [-0.39, 0.29) is 23.5 Å². The fourth-order valence-corrected chi connectivity index (χ4v) is 4.02. The molecule has 0 radical (unpaired) electrons. The van der Waals surface area contributed by atoms with Crippen molar-refractivity contribution in [2.45, 2.75) is 30.6 Å². The van der Waals surface area contributed by atoms with E-state index in [1.165, 1.54) is 11.3 Å². The van der Waals surface area contributed by atoms with Gasteiger partial charge in [-0.2, -0.15) is 0 Å². The van der Waals surface area contributed by atoms with E-state index >= 15 is 0 Å². The summed E-state index contributed by atoms with van der Waals surface area (Å²) in [6, 6.07) is 1.69. The van der Waals surface area contributed by atoms with Crippen molar-refractivity contribution in [3.63, 3.8) is 0 Å².